The largest absolute Gasteiger partial charge is 0.479 e. The number of hydrogen-bond acceptors (Lipinski definition) is 6. The quantitative estimate of drug-likeness (QED) is 0.706. The van der Waals surface area contributed by atoms with Crippen LogP contribution in [0.1, 0.15) is 12.7 Å². The molecule has 1 unspecified atom stereocenters. The average molecular weight is 469 g/mol. The van der Waals surface area contributed by atoms with Crippen LogP contribution in [-0.4, -0.2) is 61.8 Å². The zero-order chi connectivity index (χ0) is 22.2. The van der Waals surface area contributed by atoms with Crippen LogP contribution in [0.4, 0.5) is 10.5 Å². The van der Waals surface area contributed by atoms with Gasteiger partial charge in [0, 0.05) is 32.2 Å². The number of carbonyl (C=O) groups is 2. The highest BCUT2D eigenvalue weighted by Gasteiger charge is 2.34. The Hall–Kier alpha value is -2.76. The molecule has 0 saturated carbocycles. The number of urea groups is 1. The second-order valence-electron chi connectivity index (χ2n) is 7.16. The molecule has 12 heteroatoms. The lowest BCUT2D eigenvalue weighted by molar-refractivity contribution is -0.122. The van der Waals surface area contributed by atoms with Crippen LogP contribution < -0.4 is 15.4 Å². The Labute approximate surface area is 184 Å². The fourth-order valence-electron chi connectivity index (χ4n) is 3.36. The number of amides is 3. The smallest absolute Gasteiger partial charge is 0.317 e. The van der Waals surface area contributed by atoms with E-state index in [1.165, 1.54) is 22.7 Å². The van der Waals surface area contributed by atoms with Gasteiger partial charge < -0.3 is 24.7 Å². The number of carbonyl (C=O) groups excluding carboxylic acids is 2. The maximum Gasteiger partial charge on any atom is 0.317 e. The number of halogens is 1. The van der Waals surface area contributed by atoms with E-state index in [0.29, 0.717) is 11.4 Å². The number of anilines is 1. The molecule has 166 valence electrons. The Balaban J connectivity index is 1.43. The standard InChI is InChI=1S/C19H21ClN4O6S/c1-12-18(25)22-15-9-14(20)17(10-16(15)30-12)31(27,28)24-6-4-23(5-7-24)19(26)21-11-13-3-2-8-29-13/h2-3,8-10,12H,4-7,11H2,1H3,(H,21,26)(H,22,25). The van der Waals surface area contributed by atoms with Gasteiger partial charge in [-0.3, -0.25) is 4.79 Å². The van der Waals surface area contributed by atoms with Gasteiger partial charge in [-0.15, -0.1) is 0 Å². The minimum Gasteiger partial charge on any atom is -0.479 e. The van der Waals surface area contributed by atoms with E-state index in [-0.39, 0.29) is 60.3 Å². The molecule has 1 aromatic carbocycles. The molecule has 10 nitrogen and oxygen atoms in total. The summed E-state index contributed by atoms with van der Waals surface area (Å²) < 4.78 is 38.3. The molecule has 1 saturated heterocycles. The summed E-state index contributed by atoms with van der Waals surface area (Å²) in [5.74, 6) is 0.538. The third-order valence-corrected chi connectivity index (χ3v) is 7.47. The number of hydrogen-bond donors (Lipinski definition) is 2. The van der Waals surface area contributed by atoms with Gasteiger partial charge >= 0.3 is 6.03 Å². The molecule has 0 bridgehead atoms. The summed E-state index contributed by atoms with van der Waals surface area (Å²) in [4.78, 5) is 25.5. The molecule has 31 heavy (non-hydrogen) atoms. The van der Waals surface area contributed by atoms with Gasteiger partial charge in [-0.2, -0.15) is 4.31 Å². The van der Waals surface area contributed by atoms with Gasteiger partial charge in [0.1, 0.15) is 16.4 Å². The summed E-state index contributed by atoms with van der Waals surface area (Å²) in [6, 6.07) is 5.88. The molecule has 0 radical (unpaired) electrons. The summed E-state index contributed by atoms with van der Waals surface area (Å²) in [5, 5.41) is 5.36. The molecular weight excluding hydrogens is 448 g/mol. The Kier molecular flexibility index (Phi) is 5.82. The van der Waals surface area contributed by atoms with Crippen LogP contribution in [0.25, 0.3) is 0 Å². The fourth-order valence-corrected chi connectivity index (χ4v) is 5.30. The van der Waals surface area contributed by atoms with Gasteiger partial charge in [-0.25, -0.2) is 13.2 Å². The van der Waals surface area contributed by atoms with E-state index in [9.17, 15) is 18.0 Å². The number of benzene rings is 1. The summed E-state index contributed by atoms with van der Waals surface area (Å²) >= 11 is 6.22. The number of furan rings is 1. The maximum atomic E-state index is 13.2. The van der Waals surface area contributed by atoms with Crippen molar-refractivity contribution in [3.63, 3.8) is 0 Å². The molecule has 4 rings (SSSR count). The van der Waals surface area contributed by atoms with Crippen molar-refractivity contribution in [2.24, 2.45) is 0 Å². The Morgan fingerprint density at radius 3 is 2.71 bits per heavy atom. The van der Waals surface area contributed by atoms with Crippen molar-refractivity contribution in [1.82, 2.24) is 14.5 Å². The van der Waals surface area contributed by atoms with Crippen LogP contribution >= 0.6 is 11.6 Å². The molecule has 0 spiro atoms. The van der Waals surface area contributed by atoms with E-state index in [2.05, 4.69) is 10.6 Å². The van der Waals surface area contributed by atoms with E-state index < -0.39 is 16.1 Å². The van der Waals surface area contributed by atoms with E-state index in [0.717, 1.165) is 0 Å². The summed E-state index contributed by atoms with van der Waals surface area (Å²) in [6.07, 6.45) is 0.781. The molecule has 2 aliphatic rings. The summed E-state index contributed by atoms with van der Waals surface area (Å²) in [6.45, 7) is 2.53. The lowest BCUT2D eigenvalue weighted by Crippen LogP contribution is -2.53. The second kappa shape index (κ2) is 8.40. The highest BCUT2D eigenvalue weighted by atomic mass is 35.5. The van der Waals surface area contributed by atoms with Crippen LogP contribution in [0, 0.1) is 0 Å². The number of piperazine rings is 1. The molecule has 3 heterocycles. The minimum atomic E-state index is -3.92. The SMILES string of the molecule is CC1Oc2cc(S(=O)(=O)N3CCN(C(=O)NCc4ccco4)CC3)c(Cl)cc2NC1=O. The first kappa shape index (κ1) is 21.5. The number of fused-ring (bicyclic) bond motifs is 1. The number of nitrogens with zero attached hydrogens (tertiary/aromatic N) is 2. The first-order chi connectivity index (χ1) is 14.8. The van der Waals surface area contributed by atoms with E-state index in [1.54, 1.807) is 24.0 Å². The van der Waals surface area contributed by atoms with Crippen molar-refractivity contribution >= 4 is 39.2 Å². The van der Waals surface area contributed by atoms with Crippen molar-refractivity contribution in [2.45, 2.75) is 24.5 Å². The van der Waals surface area contributed by atoms with Crippen molar-refractivity contribution in [1.29, 1.82) is 0 Å². The van der Waals surface area contributed by atoms with E-state index in [4.69, 9.17) is 20.8 Å². The molecule has 1 fully saturated rings. The molecule has 2 aliphatic heterocycles. The fraction of sp³-hybridized carbons (Fsp3) is 0.368. The zero-order valence-corrected chi connectivity index (χ0v) is 18.2. The monoisotopic (exact) mass is 468 g/mol. The Morgan fingerprint density at radius 1 is 1.29 bits per heavy atom. The molecule has 1 aromatic heterocycles. The third-order valence-electron chi connectivity index (χ3n) is 5.10. The second-order valence-corrected chi connectivity index (χ2v) is 9.47. The number of rotatable bonds is 4. The van der Waals surface area contributed by atoms with Crippen molar-refractivity contribution in [3.05, 3.63) is 41.3 Å². The van der Waals surface area contributed by atoms with Gasteiger partial charge in [0.25, 0.3) is 5.91 Å². The van der Waals surface area contributed by atoms with Crippen molar-refractivity contribution in [2.75, 3.05) is 31.5 Å². The first-order valence-corrected chi connectivity index (χ1v) is 11.4. The molecule has 2 aromatic rings. The molecule has 3 amide bonds. The Bertz CT molecular complexity index is 1100. The molecule has 0 aliphatic carbocycles. The third kappa shape index (κ3) is 4.34. The van der Waals surface area contributed by atoms with Gasteiger partial charge in [0.2, 0.25) is 10.0 Å². The number of sulfonamides is 1. The number of nitrogens with one attached hydrogen (secondary N) is 2. The minimum absolute atomic E-state index is 0.0178. The topological polar surface area (TPSA) is 121 Å². The van der Waals surface area contributed by atoms with Crippen molar-refractivity contribution < 1.29 is 27.2 Å². The molecule has 1 atom stereocenters. The van der Waals surface area contributed by atoms with Crippen LogP contribution in [-0.2, 0) is 21.4 Å². The lowest BCUT2D eigenvalue weighted by atomic mass is 10.2. The predicted molar refractivity (Wildman–Crippen MR) is 111 cm³/mol. The summed E-state index contributed by atoms with van der Waals surface area (Å²) in [5.41, 5.74) is 0.324. The van der Waals surface area contributed by atoms with Gasteiger partial charge in [0.15, 0.2) is 6.10 Å². The Morgan fingerprint density at radius 2 is 2.03 bits per heavy atom. The van der Waals surface area contributed by atoms with Gasteiger partial charge in [-0.1, -0.05) is 11.6 Å². The molecular formula is C19H21ClN4O6S. The van der Waals surface area contributed by atoms with Crippen LogP contribution in [0.5, 0.6) is 5.75 Å². The normalized spacial score (nSPS) is 19.4. The van der Waals surface area contributed by atoms with Gasteiger partial charge in [-0.05, 0) is 25.1 Å². The van der Waals surface area contributed by atoms with Crippen LogP contribution in [0.3, 0.4) is 0 Å². The van der Waals surface area contributed by atoms with Crippen molar-refractivity contribution in [3.8, 4) is 5.75 Å². The number of ether oxygens (including phenoxy) is 1. The van der Waals surface area contributed by atoms with Crippen LogP contribution in [0.15, 0.2) is 39.8 Å². The highest BCUT2D eigenvalue weighted by molar-refractivity contribution is 7.89. The van der Waals surface area contributed by atoms with Gasteiger partial charge in [0.05, 0.1) is 23.5 Å². The van der Waals surface area contributed by atoms with E-state index in [1.807, 2.05) is 0 Å². The first-order valence-electron chi connectivity index (χ1n) is 9.62. The maximum absolute atomic E-state index is 13.2. The predicted octanol–water partition coefficient (Wildman–Crippen LogP) is 1.87. The molecule has 2 N–H and O–H groups in total. The van der Waals surface area contributed by atoms with Crippen LogP contribution in [0.2, 0.25) is 5.02 Å². The average Bonchev–Trinajstić information content (AvgIpc) is 3.26. The highest BCUT2D eigenvalue weighted by Crippen LogP contribution is 2.37. The summed E-state index contributed by atoms with van der Waals surface area (Å²) in [7, 11) is -3.92. The van der Waals surface area contributed by atoms with E-state index >= 15 is 0 Å². The zero-order valence-electron chi connectivity index (χ0n) is 16.6. The lowest BCUT2D eigenvalue weighted by Gasteiger charge is -2.34.